The second-order valence-electron chi connectivity index (χ2n) is 6.21. The van der Waals surface area contributed by atoms with Crippen molar-refractivity contribution in [1.82, 2.24) is 0 Å². The molecule has 0 radical (unpaired) electrons. The van der Waals surface area contributed by atoms with Crippen molar-refractivity contribution in [3.8, 4) is 5.75 Å². The van der Waals surface area contributed by atoms with E-state index in [0.717, 1.165) is 11.1 Å². The van der Waals surface area contributed by atoms with Crippen molar-refractivity contribution in [3.63, 3.8) is 0 Å². The van der Waals surface area contributed by atoms with E-state index in [1.165, 1.54) is 18.2 Å². The SMILES string of the molecule is Cc1cccc(Nc2ccccc2C(=O)Oc2c(F)c(F)c(F)c(F)c2F)c1C. The number of aryl methyl sites for hydroxylation is 1. The minimum absolute atomic E-state index is 0.155. The Bertz CT molecular complexity index is 1090. The minimum Gasteiger partial charge on any atom is -0.416 e. The fourth-order valence-corrected chi connectivity index (χ4v) is 2.62. The van der Waals surface area contributed by atoms with E-state index < -0.39 is 40.8 Å². The summed E-state index contributed by atoms with van der Waals surface area (Å²) in [5, 5.41) is 3.01. The fraction of sp³-hybridized carbons (Fsp3) is 0.0952. The molecule has 3 rings (SSSR count). The highest BCUT2D eigenvalue weighted by Gasteiger charge is 2.29. The van der Waals surface area contributed by atoms with Gasteiger partial charge >= 0.3 is 5.97 Å². The van der Waals surface area contributed by atoms with E-state index in [9.17, 15) is 26.7 Å². The summed E-state index contributed by atoms with van der Waals surface area (Å²) in [6.45, 7) is 3.75. The van der Waals surface area contributed by atoms with Gasteiger partial charge in [0.05, 0.1) is 11.3 Å². The highest BCUT2D eigenvalue weighted by molar-refractivity contribution is 5.98. The number of hydrogen-bond donors (Lipinski definition) is 1. The predicted molar refractivity (Wildman–Crippen MR) is 96.8 cm³/mol. The van der Waals surface area contributed by atoms with E-state index in [4.69, 9.17) is 0 Å². The lowest BCUT2D eigenvalue weighted by molar-refractivity contribution is 0.0717. The largest absolute Gasteiger partial charge is 0.416 e. The van der Waals surface area contributed by atoms with Gasteiger partial charge in [0.1, 0.15) is 0 Å². The predicted octanol–water partition coefficient (Wildman–Crippen LogP) is 5.96. The second-order valence-corrected chi connectivity index (χ2v) is 6.21. The molecule has 1 N–H and O–H groups in total. The molecule has 0 spiro atoms. The Labute approximate surface area is 162 Å². The molecule has 3 aromatic carbocycles. The topological polar surface area (TPSA) is 38.3 Å². The van der Waals surface area contributed by atoms with Gasteiger partial charge in [-0.15, -0.1) is 0 Å². The molecular formula is C21H14F5NO2. The third-order valence-electron chi connectivity index (χ3n) is 4.39. The summed E-state index contributed by atoms with van der Waals surface area (Å²) in [7, 11) is 0. The standard InChI is InChI=1S/C21H14F5NO2/c1-10-6-5-9-13(11(10)2)27-14-8-4-3-7-12(14)21(28)29-20-18(25)16(23)15(22)17(24)19(20)26/h3-9,27H,1-2H3. The van der Waals surface area contributed by atoms with E-state index >= 15 is 0 Å². The van der Waals surface area contributed by atoms with Crippen LogP contribution in [0.1, 0.15) is 21.5 Å². The van der Waals surface area contributed by atoms with Gasteiger partial charge in [-0.2, -0.15) is 8.78 Å². The lowest BCUT2D eigenvalue weighted by Gasteiger charge is -2.15. The molecule has 0 unspecified atom stereocenters. The Morgan fingerprint density at radius 3 is 1.97 bits per heavy atom. The lowest BCUT2D eigenvalue weighted by Crippen LogP contribution is -2.15. The molecule has 0 heterocycles. The van der Waals surface area contributed by atoms with Crippen molar-refractivity contribution < 1.29 is 31.5 Å². The zero-order valence-corrected chi connectivity index (χ0v) is 15.2. The summed E-state index contributed by atoms with van der Waals surface area (Å²) in [6, 6.07) is 11.3. The number of carbonyl (C=O) groups excluding carboxylic acids is 1. The second kappa shape index (κ2) is 7.90. The Morgan fingerprint density at radius 2 is 1.31 bits per heavy atom. The van der Waals surface area contributed by atoms with Crippen LogP contribution in [0.3, 0.4) is 0 Å². The first-order valence-electron chi connectivity index (χ1n) is 8.38. The molecule has 0 aliphatic heterocycles. The van der Waals surface area contributed by atoms with Crippen LogP contribution in [0.2, 0.25) is 0 Å². The number of ether oxygens (including phenoxy) is 1. The normalized spacial score (nSPS) is 10.7. The van der Waals surface area contributed by atoms with Crippen molar-refractivity contribution in [2.24, 2.45) is 0 Å². The van der Waals surface area contributed by atoms with Crippen LogP contribution in [0.25, 0.3) is 0 Å². The van der Waals surface area contributed by atoms with Gasteiger partial charge in [0.25, 0.3) is 0 Å². The van der Waals surface area contributed by atoms with Gasteiger partial charge in [0, 0.05) is 5.69 Å². The first-order chi connectivity index (χ1) is 13.7. The Hall–Kier alpha value is -3.42. The van der Waals surface area contributed by atoms with Crippen LogP contribution in [0.15, 0.2) is 42.5 Å². The Morgan fingerprint density at radius 1 is 0.759 bits per heavy atom. The summed E-state index contributed by atoms with van der Waals surface area (Å²) < 4.78 is 72.0. The molecule has 0 saturated carbocycles. The zero-order valence-electron chi connectivity index (χ0n) is 15.2. The van der Waals surface area contributed by atoms with Crippen LogP contribution in [0.5, 0.6) is 5.75 Å². The number of para-hydroxylation sites is 1. The quantitative estimate of drug-likeness (QED) is 0.191. The van der Waals surface area contributed by atoms with Crippen LogP contribution < -0.4 is 10.1 Å². The summed E-state index contributed by atoms with van der Waals surface area (Å²) in [4.78, 5) is 12.5. The van der Waals surface area contributed by atoms with Crippen LogP contribution in [0, 0.1) is 42.9 Å². The van der Waals surface area contributed by atoms with Crippen molar-refractivity contribution in [1.29, 1.82) is 0 Å². The molecular weight excluding hydrogens is 393 g/mol. The molecule has 0 saturated heterocycles. The zero-order chi connectivity index (χ0) is 21.3. The maximum atomic E-state index is 13.8. The fourth-order valence-electron chi connectivity index (χ4n) is 2.62. The molecule has 0 aromatic heterocycles. The third kappa shape index (κ3) is 3.78. The average molecular weight is 407 g/mol. The molecule has 0 bridgehead atoms. The van der Waals surface area contributed by atoms with Gasteiger partial charge in [-0.25, -0.2) is 18.0 Å². The van der Waals surface area contributed by atoms with Crippen LogP contribution >= 0.6 is 0 Å². The number of nitrogens with one attached hydrogen (secondary N) is 1. The van der Waals surface area contributed by atoms with E-state index in [1.807, 2.05) is 19.9 Å². The molecule has 29 heavy (non-hydrogen) atoms. The highest BCUT2D eigenvalue weighted by atomic mass is 19.2. The monoisotopic (exact) mass is 407 g/mol. The first-order valence-corrected chi connectivity index (χ1v) is 8.38. The van der Waals surface area contributed by atoms with Gasteiger partial charge in [-0.05, 0) is 43.2 Å². The van der Waals surface area contributed by atoms with Gasteiger partial charge < -0.3 is 10.1 Å². The minimum atomic E-state index is -2.34. The molecule has 0 fully saturated rings. The van der Waals surface area contributed by atoms with E-state index in [0.29, 0.717) is 5.69 Å². The number of anilines is 2. The number of hydrogen-bond acceptors (Lipinski definition) is 3. The smallest absolute Gasteiger partial charge is 0.345 e. The molecule has 3 nitrogen and oxygen atoms in total. The summed E-state index contributed by atoms with van der Waals surface area (Å²) >= 11 is 0. The number of carbonyl (C=O) groups is 1. The molecule has 0 amide bonds. The molecule has 0 aliphatic carbocycles. The molecule has 3 aromatic rings. The summed E-state index contributed by atoms with van der Waals surface area (Å²) in [6.07, 6.45) is 0. The molecule has 150 valence electrons. The molecule has 0 atom stereocenters. The molecule has 8 heteroatoms. The highest BCUT2D eigenvalue weighted by Crippen LogP contribution is 2.31. The van der Waals surface area contributed by atoms with E-state index in [2.05, 4.69) is 10.1 Å². The van der Waals surface area contributed by atoms with Crippen LogP contribution in [0.4, 0.5) is 33.3 Å². The number of benzene rings is 3. The number of esters is 1. The van der Waals surface area contributed by atoms with Crippen molar-refractivity contribution >= 4 is 17.3 Å². The average Bonchev–Trinajstić information content (AvgIpc) is 2.72. The number of rotatable bonds is 4. The maximum absolute atomic E-state index is 13.8. The molecule has 0 aliphatic rings. The van der Waals surface area contributed by atoms with Gasteiger partial charge in [-0.1, -0.05) is 24.3 Å². The maximum Gasteiger partial charge on any atom is 0.345 e. The number of halogens is 5. The van der Waals surface area contributed by atoms with Crippen molar-refractivity contribution in [3.05, 3.63) is 88.2 Å². The van der Waals surface area contributed by atoms with Gasteiger partial charge in [-0.3, -0.25) is 0 Å². The Kier molecular flexibility index (Phi) is 5.54. The lowest BCUT2D eigenvalue weighted by atomic mass is 10.1. The van der Waals surface area contributed by atoms with Crippen molar-refractivity contribution in [2.45, 2.75) is 13.8 Å². The van der Waals surface area contributed by atoms with Crippen molar-refractivity contribution in [2.75, 3.05) is 5.32 Å². The van der Waals surface area contributed by atoms with Crippen LogP contribution in [-0.2, 0) is 0 Å². The van der Waals surface area contributed by atoms with E-state index in [-0.39, 0.29) is 11.3 Å². The Balaban J connectivity index is 1.97. The van der Waals surface area contributed by atoms with E-state index in [1.54, 1.807) is 18.2 Å². The first kappa shape index (κ1) is 20.3. The van der Waals surface area contributed by atoms with Gasteiger partial charge in [0.2, 0.25) is 34.8 Å². The summed E-state index contributed by atoms with van der Waals surface area (Å²) in [5.41, 5.74) is 2.63. The third-order valence-corrected chi connectivity index (χ3v) is 4.39. The van der Waals surface area contributed by atoms with Gasteiger partial charge in [0.15, 0.2) is 0 Å². The summed E-state index contributed by atoms with van der Waals surface area (Å²) in [5.74, 6) is -14.1. The van der Waals surface area contributed by atoms with Crippen LogP contribution in [-0.4, -0.2) is 5.97 Å².